The van der Waals surface area contributed by atoms with E-state index in [1.807, 2.05) is 30.3 Å². The molecule has 1 aromatic heterocycles. The van der Waals surface area contributed by atoms with Crippen LogP contribution in [-0.2, 0) is 11.3 Å². The van der Waals surface area contributed by atoms with Crippen LogP contribution < -0.4 is 5.73 Å². The summed E-state index contributed by atoms with van der Waals surface area (Å²) in [7, 11) is 0. The van der Waals surface area contributed by atoms with Crippen molar-refractivity contribution in [3.05, 3.63) is 70.6 Å². The minimum Gasteiger partial charge on any atom is -0.455 e. The highest BCUT2D eigenvalue weighted by molar-refractivity contribution is 6.31. The zero-order chi connectivity index (χ0) is 17.1. The number of hydrogen-bond acceptors (Lipinski definition) is 5. The van der Waals surface area contributed by atoms with Gasteiger partial charge in [-0.15, -0.1) is 0 Å². The number of ether oxygens (including phenoxy) is 1. The molecule has 0 aliphatic carbocycles. The Kier molecular flexibility index (Phi) is 4.53. The van der Waals surface area contributed by atoms with E-state index in [4.69, 9.17) is 26.5 Å². The SMILES string of the molecule is Cc1oc(-c2ccccc2)nc1COC(=O)c1ccc(Cl)cc1N. The zero-order valence-electron chi connectivity index (χ0n) is 13.0. The lowest BCUT2D eigenvalue weighted by molar-refractivity contribution is 0.0468. The summed E-state index contributed by atoms with van der Waals surface area (Å²) < 4.78 is 10.9. The second kappa shape index (κ2) is 6.76. The first-order valence-corrected chi connectivity index (χ1v) is 7.66. The van der Waals surface area contributed by atoms with Gasteiger partial charge < -0.3 is 14.9 Å². The summed E-state index contributed by atoms with van der Waals surface area (Å²) in [5.74, 6) is 0.559. The van der Waals surface area contributed by atoms with E-state index in [-0.39, 0.29) is 17.9 Å². The monoisotopic (exact) mass is 342 g/mol. The molecule has 5 nitrogen and oxygen atoms in total. The van der Waals surface area contributed by atoms with Gasteiger partial charge in [0.2, 0.25) is 5.89 Å². The Morgan fingerprint density at radius 3 is 2.71 bits per heavy atom. The van der Waals surface area contributed by atoms with E-state index in [2.05, 4.69) is 4.98 Å². The number of nitrogens with zero attached hydrogens (tertiary/aromatic N) is 1. The van der Waals surface area contributed by atoms with Gasteiger partial charge in [0.05, 0.1) is 5.56 Å². The van der Waals surface area contributed by atoms with Crippen LogP contribution in [0.3, 0.4) is 0 Å². The van der Waals surface area contributed by atoms with Gasteiger partial charge in [-0.3, -0.25) is 0 Å². The smallest absolute Gasteiger partial charge is 0.340 e. The predicted molar refractivity (Wildman–Crippen MR) is 91.7 cm³/mol. The van der Waals surface area contributed by atoms with Gasteiger partial charge in [0.1, 0.15) is 18.1 Å². The predicted octanol–water partition coefficient (Wildman–Crippen LogP) is 4.24. The maximum Gasteiger partial charge on any atom is 0.340 e. The zero-order valence-corrected chi connectivity index (χ0v) is 13.7. The number of aromatic nitrogens is 1. The Labute approximate surface area is 144 Å². The topological polar surface area (TPSA) is 78.4 Å². The molecule has 1 heterocycles. The van der Waals surface area contributed by atoms with Crippen LogP contribution in [-0.4, -0.2) is 11.0 Å². The molecular formula is C18H15ClN2O3. The molecule has 0 fully saturated rings. The number of nitrogens with two attached hydrogens (primary N) is 1. The summed E-state index contributed by atoms with van der Waals surface area (Å²) in [6, 6.07) is 14.1. The Morgan fingerprint density at radius 1 is 1.25 bits per heavy atom. The van der Waals surface area contributed by atoms with Crippen molar-refractivity contribution in [2.75, 3.05) is 5.73 Å². The molecule has 0 unspecified atom stereocenters. The van der Waals surface area contributed by atoms with Gasteiger partial charge in [0.25, 0.3) is 0 Å². The summed E-state index contributed by atoms with van der Waals surface area (Å²) >= 11 is 5.82. The van der Waals surface area contributed by atoms with Crippen molar-refractivity contribution >= 4 is 23.3 Å². The van der Waals surface area contributed by atoms with Gasteiger partial charge >= 0.3 is 5.97 Å². The third kappa shape index (κ3) is 3.41. The van der Waals surface area contributed by atoms with Gasteiger partial charge in [-0.1, -0.05) is 29.8 Å². The highest BCUT2D eigenvalue weighted by atomic mass is 35.5. The molecule has 0 aliphatic rings. The quantitative estimate of drug-likeness (QED) is 0.566. The summed E-state index contributed by atoms with van der Waals surface area (Å²) in [6.07, 6.45) is 0. The lowest BCUT2D eigenvalue weighted by atomic mass is 10.2. The average molecular weight is 343 g/mol. The van der Waals surface area contributed by atoms with Gasteiger partial charge in [0, 0.05) is 16.3 Å². The van der Waals surface area contributed by atoms with E-state index in [1.165, 1.54) is 12.1 Å². The number of rotatable bonds is 4. The molecule has 0 saturated carbocycles. The number of anilines is 1. The number of carbonyl (C=O) groups is 1. The number of halogens is 1. The van der Waals surface area contributed by atoms with Crippen LogP contribution in [0.15, 0.2) is 52.9 Å². The molecule has 0 aliphatic heterocycles. The number of hydrogen-bond donors (Lipinski definition) is 1. The summed E-state index contributed by atoms with van der Waals surface area (Å²) in [5.41, 5.74) is 7.75. The van der Waals surface area contributed by atoms with Crippen LogP contribution in [0, 0.1) is 6.92 Å². The number of benzene rings is 2. The van der Waals surface area contributed by atoms with Crippen molar-refractivity contribution in [1.29, 1.82) is 0 Å². The minimum atomic E-state index is -0.534. The van der Waals surface area contributed by atoms with Crippen LogP contribution in [0.5, 0.6) is 0 Å². The Bertz CT molecular complexity index is 875. The summed E-state index contributed by atoms with van der Waals surface area (Å²) in [5, 5.41) is 0.462. The van der Waals surface area contributed by atoms with Crippen molar-refractivity contribution < 1.29 is 13.9 Å². The van der Waals surface area contributed by atoms with E-state index in [0.717, 1.165) is 5.56 Å². The van der Waals surface area contributed by atoms with Crippen LogP contribution in [0.4, 0.5) is 5.69 Å². The Balaban J connectivity index is 1.73. The highest BCUT2D eigenvalue weighted by Gasteiger charge is 2.16. The fourth-order valence-corrected chi connectivity index (χ4v) is 2.38. The van der Waals surface area contributed by atoms with Gasteiger partial charge in [0.15, 0.2) is 0 Å². The number of carbonyl (C=O) groups excluding carboxylic acids is 1. The van der Waals surface area contributed by atoms with Crippen LogP contribution >= 0.6 is 11.6 Å². The highest BCUT2D eigenvalue weighted by Crippen LogP contribution is 2.23. The molecule has 3 aromatic rings. The Morgan fingerprint density at radius 2 is 2.00 bits per heavy atom. The molecule has 0 spiro atoms. The normalized spacial score (nSPS) is 10.6. The molecule has 24 heavy (non-hydrogen) atoms. The van der Waals surface area contributed by atoms with Crippen LogP contribution in [0.25, 0.3) is 11.5 Å². The molecule has 0 saturated heterocycles. The van der Waals surface area contributed by atoms with Crippen LogP contribution in [0.2, 0.25) is 5.02 Å². The van der Waals surface area contributed by atoms with Crippen LogP contribution in [0.1, 0.15) is 21.8 Å². The fourth-order valence-electron chi connectivity index (χ4n) is 2.20. The number of oxazole rings is 1. The summed E-state index contributed by atoms with van der Waals surface area (Å²) in [6.45, 7) is 1.78. The first kappa shape index (κ1) is 16.1. The van der Waals surface area contributed by atoms with Gasteiger partial charge in [-0.2, -0.15) is 0 Å². The van der Waals surface area contributed by atoms with E-state index < -0.39 is 5.97 Å². The van der Waals surface area contributed by atoms with Crippen molar-refractivity contribution in [3.63, 3.8) is 0 Å². The maximum absolute atomic E-state index is 12.1. The molecular weight excluding hydrogens is 328 g/mol. The van der Waals surface area contributed by atoms with Crippen molar-refractivity contribution in [3.8, 4) is 11.5 Å². The maximum atomic E-state index is 12.1. The molecule has 122 valence electrons. The lowest BCUT2D eigenvalue weighted by Crippen LogP contribution is -2.08. The molecule has 0 amide bonds. The average Bonchev–Trinajstić information content (AvgIpc) is 2.94. The molecule has 6 heteroatoms. The van der Waals surface area contributed by atoms with E-state index in [0.29, 0.717) is 22.4 Å². The van der Waals surface area contributed by atoms with Crippen molar-refractivity contribution in [2.45, 2.75) is 13.5 Å². The van der Waals surface area contributed by atoms with E-state index >= 15 is 0 Å². The molecule has 2 aromatic carbocycles. The lowest BCUT2D eigenvalue weighted by Gasteiger charge is -2.06. The Hall–Kier alpha value is -2.79. The van der Waals surface area contributed by atoms with Gasteiger partial charge in [-0.25, -0.2) is 9.78 Å². The number of aryl methyl sites for hydroxylation is 1. The molecule has 0 bridgehead atoms. The minimum absolute atomic E-state index is 0.00304. The van der Waals surface area contributed by atoms with E-state index in [1.54, 1.807) is 13.0 Å². The van der Waals surface area contributed by atoms with Crippen molar-refractivity contribution in [1.82, 2.24) is 4.98 Å². The summed E-state index contributed by atoms with van der Waals surface area (Å²) in [4.78, 5) is 16.5. The second-order valence-electron chi connectivity index (χ2n) is 5.20. The molecule has 0 atom stereocenters. The molecule has 2 N–H and O–H groups in total. The largest absolute Gasteiger partial charge is 0.455 e. The van der Waals surface area contributed by atoms with E-state index in [9.17, 15) is 4.79 Å². The first-order chi connectivity index (χ1) is 11.5. The molecule has 0 radical (unpaired) electrons. The number of nitrogen functional groups attached to an aromatic ring is 1. The number of esters is 1. The third-order valence-corrected chi connectivity index (χ3v) is 3.72. The standard InChI is InChI=1S/C18H15ClN2O3/c1-11-16(21-17(24-11)12-5-3-2-4-6-12)10-23-18(22)14-8-7-13(19)9-15(14)20/h2-9H,10,20H2,1H3. The molecule has 3 rings (SSSR count). The van der Waals surface area contributed by atoms with Crippen molar-refractivity contribution in [2.24, 2.45) is 0 Å². The van der Waals surface area contributed by atoms with Gasteiger partial charge in [-0.05, 0) is 37.3 Å². The second-order valence-corrected chi connectivity index (χ2v) is 5.63. The third-order valence-electron chi connectivity index (χ3n) is 3.49. The fraction of sp³-hybridized carbons (Fsp3) is 0.111. The first-order valence-electron chi connectivity index (χ1n) is 7.28.